The minimum Gasteiger partial charge on any atom is -0.452 e. The van der Waals surface area contributed by atoms with Gasteiger partial charge >= 0.3 is 12.1 Å². The van der Waals surface area contributed by atoms with Crippen LogP contribution >= 0.6 is 0 Å². The summed E-state index contributed by atoms with van der Waals surface area (Å²) in [6.45, 7) is -0.816. The van der Waals surface area contributed by atoms with Gasteiger partial charge in [0, 0.05) is 11.8 Å². The third-order valence-electron chi connectivity index (χ3n) is 8.65. The van der Waals surface area contributed by atoms with Crippen LogP contribution in [-0.4, -0.2) is 30.3 Å². The number of carbonyl (C=O) groups is 4. The number of hydrogen-bond donors (Lipinski definition) is 1. The highest BCUT2D eigenvalue weighted by molar-refractivity contribution is 6.23. The molecule has 0 aromatic heterocycles. The molecule has 3 aliphatic carbocycles. The van der Waals surface area contributed by atoms with Crippen LogP contribution < -0.4 is 10.2 Å². The van der Waals surface area contributed by atoms with Gasteiger partial charge in [0.25, 0.3) is 5.91 Å². The van der Waals surface area contributed by atoms with Gasteiger partial charge in [-0.15, -0.1) is 0 Å². The van der Waals surface area contributed by atoms with E-state index in [4.69, 9.17) is 4.74 Å². The molecule has 1 aliphatic heterocycles. The van der Waals surface area contributed by atoms with Crippen molar-refractivity contribution in [1.29, 1.82) is 0 Å². The zero-order valence-electron chi connectivity index (χ0n) is 22.9. The van der Waals surface area contributed by atoms with Crippen LogP contribution in [-0.2, 0) is 25.3 Å². The summed E-state index contributed by atoms with van der Waals surface area (Å²) in [6.07, 6.45) is -4.67. The maximum atomic E-state index is 13.9. The van der Waals surface area contributed by atoms with Crippen LogP contribution in [0.2, 0.25) is 0 Å². The number of halogens is 3. The maximum Gasteiger partial charge on any atom is 0.418 e. The first-order valence-electron chi connectivity index (χ1n) is 13.9. The molecule has 4 aliphatic rings. The number of anilines is 2. The second-order valence-electron chi connectivity index (χ2n) is 11.0. The Labute approximate surface area is 249 Å². The summed E-state index contributed by atoms with van der Waals surface area (Å²) >= 11 is 0. The van der Waals surface area contributed by atoms with Gasteiger partial charge in [-0.1, -0.05) is 60.7 Å². The van der Waals surface area contributed by atoms with E-state index in [0.717, 1.165) is 34.4 Å². The molecule has 8 rings (SSSR count). The van der Waals surface area contributed by atoms with Crippen LogP contribution in [0.25, 0.3) is 0 Å². The predicted octanol–water partition coefficient (Wildman–Crippen LogP) is 5.90. The van der Waals surface area contributed by atoms with Crippen LogP contribution in [0.3, 0.4) is 0 Å². The Balaban J connectivity index is 1.07. The minimum absolute atomic E-state index is 0.0358. The van der Waals surface area contributed by atoms with E-state index in [-0.39, 0.29) is 29.2 Å². The van der Waals surface area contributed by atoms with Crippen molar-refractivity contribution < 1.29 is 37.1 Å². The molecule has 3 amide bonds. The van der Waals surface area contributed by atoms with Crippen molar-refractivity contribution in [2.75, 3.05) is 16.8 Å². The summed E-state index contributed by atoms with van der Waals surface area (Å²) in [4.78, 5) is 53.8. The first kappa shape index (κ1) is 27.6. The number of rotatable bonds is 5. The maximum absolute atomic E-state index is 13.9. The van der Waals surface area contributed by atoms with E-state index >= 15 is 0 Å². The number of hydrogen-bond acceptors (Lipinski definition) is 5. The number of imide groups is 1. The molecule has 7 nitrogen and oxygen atoms in total. The van der Waals surface area contributed by atoms with Gasteiger partial charge in [-0.2, -0.15) is 13.2 Å². The largest absolute Gasteiger partial charge is 0.452 e. The lowest BCUT2D eigenvalue weighted by molar-refractivity contribution is -0.137. The monoisotopic (exact) mass is 596 g/mol. The summed E-state index contributed by atoms with van der Waals surface area (Å²) in [5.74, 6) is -4.04. The molecule has 1 N–H and O–H groups in total. The topological polar surface area (TPSA) is 92.8 Å². The number of benzene rings is 4. The van der Waals surface area contributed by atoms with Crippen molar-refractivity contribution in [2.24, 2.45) is 11.8 Å². The van der Waals surface area contributed by atoms with Crippen molar-refractivity contribution in [3.63, 3.8) is 0 Å². The number of esters is 1. The van der Waals surface area contributed by atoms with Crippen molar-refractivity contribution >= 4 is 35.1 Å². The fourth-order valence-electron chi connectivity index (χ4n) is 6.92. The van der Waals surface area contributed by atoms with Gasteiger partial charge in [0.15, 0.2) is 6.61 Å². The number of nitrogens with zero attached hydrogens (tertiary/aromatic N) is 1. The van der Waals surface area contributed by atoms with Crippen LogP contribution in [0.5, 0.6) is 0 Å². The Morgan fingerprint density at radius 3 is 1.68 bits per heavy atom. The summed E-state index contributed by atoms with van der Waals surface area (Å²) in [5.41, 5.74) is 3.10. The average Bonchev–Trinajstić information content (AvgIpc) is 3.29. The first-order chi connectivity index (χ1) is 21.1. The summed E-state index contributed by atoms with van der Waals surface area (Å²) < 4.78 is 44.6. The van der Waals surface area contributed by atoms with E-state index in [2.05, 4.69) is 5.32 Å². The van der Waals surface area contributed by atoms with Gasteiger partial charge < -0.3 is 10.1 Å². The number of carbonyl (C=O) groups excluding carboxylic acids is 4. The van der Waals surface area contributed by atoms with E-state index < -0.39 is 47.7 Å². The standard InChI is InChI=1S/C34H23F3N2O5/c35-34(36,37)24-11-5-6-12-25(24)38-26(40)17-44-33(43)18-13-15-19(16-14-18)39-31(41)29-27-20-7-1-2-8-21(20)28(30(29)32(39)42)23-10-4-3-9-22(23)27/h1-16,27-30H,17H2,(H,38,40)/t27?,28?,29-,30+. The number of alkyl halides is 3. The fourth-order valence-corrected chi connectivity index (χ4v) is 6.92. The van der Waals surface area contributed by atoms with E-state index in [9.17, 15) is 32.3 Å². The molecular formula is C34H23F3N2O5. The van der Waals surface area contributed by atoms with E-state index in [1.54, 1.807) is 0 Å². The third kappa shape index (κ3) is 4.28. The molecule has 10 heteroatoms. The average molecular weight is 597 g/mol. The normalized spacial score (nSPS) is 21.4. The number of para-hydroxylation sites is 1. The highest BCUT2D eigenvalue weighted by Gasteiger charge is 2.61. The molecule has 2 atom stereocenters. The quantitative estimate of drug-likeness (QED) is 0.229. The number of ether oxygens (including phenoxy) is 1. The lowest BCUT2D eigenvalue weighted by atomic mass is 9.55. The van der Waals surface area contributed by atoms with Crippen LogP contribution in [0, 0.1) is 11.8 Å². The van der Waals surface area contributed by atoms with E-state index in [0.29, 0.717) is 5.69 Å². The molecule has 1 fully saturated rings. The Morgan fingerprint density at radius 2 is 1.18 bits per heavy atom. The molecule has 4 aromatic carbocycles. The third-order valence-corrected chi connectivity index (χ3v) is 8.65. The molecule has 1 heterocycles. The molecule has 0 saturated carbocycles. The molecule has 220 valence electrons. The van der Waals surface area contributed by atoms with Gasteiger partial charge in [0.1, 0.15) is 0 Å². The second kappa shape index (κ2) is 10.2. The summed E-state index contributed by atoms with van der Waals surface area (Å²) in [6, 6.07) is 26.0. The molecule has 0 unspecified atom stereocenters. The van der Waals surface area contributed by atoms with Gasteiger partial charge in [0.05, 0.1) is 34.3 Å². The Kier molecular flexibility index (Phi) is 6.38. The minimum atomic E-state index is -4.67. The van der Waals surface area contributed by atoms with Crippen LogP contribution in [0.1, 0.15) is 50.0 Å². The molecule has 1 saturated heterocycles. The van der Waals surface area contributed by atoms with E-state index in [1.165, 1.54) is 41.3 Å². The zero-order chi connectivity index (χ0) is 30.7. The second-order valence-corrected chi connectivity index (χ2v) is 11.0. The molecule has 2 bridgehead atoms. The molecular weight excluding hydrogens is 573 g/mol. The van der Waals surface area contributed by atoms with E-state index in [1.807, 2.05) is 48.5 Å². The molecule has 44 heavy (non-hydrogen) atoms. The first-order valence-corrected chi connectivity index (χ1v) is 13.9. The highest BCUT2D eigenvalue weighted by Crippen LogP contribution is 2.61. The van der Waals surface area contributed by atoms with Crippen molar-refractivity contribution in [1.82, 2.24) is 0 Å². The van der Waals surface area contributed by atoms with Gasteiger partial charge in [-0.3, -0.25) is 14.4 Å². The SMILES string of the molecule is O=C(COC(=O)c1ccc(N2C(=O)[C@@H]3C4c5ccccc5C(c5ccccc54)[C@@H]3C2=O)cc1)Nc1ccccc1C(F)(F)F. The molecule has 0 radical (unpaired) electrons. The van der Waals surface area contributed by atoms with Gasteiger partial charge in [-0.05, 0) is 58.7 Å². The fraction of sp³-hybridized carbons (Fsp3) is 0.176. The molecule has 0 spiro atoms. The smallest absolute Gasteiger partial charge is 0.418 e. The summed E-state index contributed by atoms with van der Waals surface area (Å²) in [7, 11) is 0. The van der Waals surface area contributed by atoms with Crippen LogP contribution in [0.15, 0.2) is 97.1 Å². The lowest BCUT2D eigenvalue weighted by Crippen LogP contribution is -2.41. The highest BCUT2D eigenvalue weighted by atomic mass is 19.4. The van der Waals surface area contributed by atoms with Crippen LogP contribution in [0.4, 0.5) is 24.5 Å². The van der Waals surface area contributed by atoms with Gasteiger partial charge in [0.2, 0.25) is 11.8 Å². The Hall–Kier alpha value is -5.25. The van der Waals surface area contributed by atoms with Crippen molar-refractivity contribution in [3.05, 3.63) is 130 Å². The number of nitrogens with one attached hydrogen (secondary N) is 1. The van der Waals surface area contributed by atoms with Crippen molar-refractivity contribution in [3.8, 4) is 0 Å². The Morgan fingerprint density at radius 1 is 0.705 bits per heavy atom. The zero-order valence-corrected chi connectivity index (χ0v) is 22.9. The van der Waals surface area contributed by atoms with Crippen molar-refractivity contribution in [2.45, 2.75) is 18.0 Å². The summed E-state index contributed by atoms with van der Waals surface area (Å²) in [5, 5.41) is 2.11. The van der Waals surface area contributed by atoms with Gasteiger partial charge in [-0.25, -0.2) is 9.69 Å². The Bertz CT molecular complexity index is 1740. The predicted molar refractivity (Wildman–Crippen MR) is 153 cm³/mol. The molecule has 4 aromatic rings. The number of amides is 3. The lowest BCUT2D eigenvalue weighted by Gasteiger charge is -2.45.